The summed E-state index contributed by atoms with van der Waals surface area (Å²) in [6.45, 7) is 3.97. The van der Waals surface area contributed by atoms with E-state index >= 15 is 0 Å². The van der Waals surface area contributed by atoms with Crippen LogP contribution in [0.1, 0.15) is 72.7 Å². The number of aryl methyl sites for hydroxylation is 1. The molecule has 0 saturated carbocycles. The van der Waals surface area contributed by atoms with Crippen molar-refractivity contribution in [1.82, 2.24) is 24.1 Å². The molecule has 3 atom stereocenters. The molecular formula is C36H41ClFN5O3S. The number of hydrogen-bond donors (Lipinski definition) is 1. The summed E-state index contributed by atoms with van der Waals surface area (Å²) in [4.78, 5) is 22.9. The number of halogens is 2. The minimum atomic E-state index is -3.82. The highest BCUT2D eigenvalue weighted by molar-refractivity contribution is 7.89. The Labute approximate surface area is 281 Å². The van der Waals surface area contributed by atoms with E-state index in [1.807, 2.05) is 12.1 Å². The van der Waals surface area contributed by atoms with Gasteiger partial charge in [0.15, 0.2) is 0 Å². The largest absolute Gasteiger partial charge is 0.339 e. The number of imidazole rings is 1. The van der Waals surface area contributed by atoms with Gasteiger partial charge in [0.05, 0.1) is 21.6 Å². The van der Waals surface area contributed by atoms with E-state index in [9.17, 15) is 17.6 Å². The molecule has 0 spiro atoms. The number of fused-ring (bicyclic) bond motifs is 3. The molecule has 4 heterocycles. The summed E-state index contributed by atoms with van der Waals surface area (Å²) >= 11 is 6.49. The summed E-state index contributed by atoms with van der Waals surface area (Å²) in [5.41, 5.74) is 3.13. The first-order valence-corrected chi connectivity index (χ1v) is 18.4. The van der Waals surface area contributed by atoms with Gasteiger partial charge < -0.3 is 9.47 Å². The van der Waals surface area contributed by atoms with Gasteiger partial charge in [0, 0.05) is 31.2 Å². The minimum Gasteiger partial charge on any atom is -0.339 e. The lowest BCUT2D eigenvalue weighted by atomic mass is 9.70. The number of nitrogens with one attached hydrogen (secondary N) is 1. The lowest BCUT2D eigenvalue weighted by Gasteiger charge is -2.45. The van der Waals surface area contributed by atoms with Crippen LogP contribution in [0.2, 0.25) is 5.02 Å². The Morgan fingerprint density at radius 1 is 1.00 bits per heavy atom. The number of rotatable bonds is 8. The molecule has 1 amide bonds. The smallest absolute Gasteiger partial charge is 0.255 e. The first kappa shape index (κ1) is 32.2. The number of para-hydroxylation sites is 2. The summed E-state index contributed by atoms with van der Waals surface area (Å²) in [5, 5.41) is -0.0772. The highest BCUT2D eigenvalue weighted by Gasteiger charge is 2.44. The van der Waals surface area contributed by atoms with Gasteiger partial charge in [-0.3, -0.25) is 9.69 Å². The van der Waals surface area contributed by atoms with Gasteiger partial charge in [-0.15, -0.1) is 0 Å². The average Bonchev–Trinajstić information content (AvgIpc) is 3.53. The van der Waals surface area contributed by atoms with Crippen molar-refractivity contribution in [1.29, 1.82) is 0 Å². The average molecular weight is 678 g/mol. The monoisotopic (exact) mass is 677 g/mol. The SMILES string of the molecule is CNS(=O)(=O)c1cccc(C(=O)N2CCC(CCN3[C@@H]4CC[C@H]3C[C@@H](n3c(C)nc5ccccc53)C4)(c3cccc(F)c3)CC2)c1Cl. The summed E-state index contributed by atoms with van der Waals surface area (Å²) in [6, 6.07) is 21.3. The number of hydrogen-bond acceptors (Lipinski definition) is 5. The van der Waals surface area contributed by atoms with Crippen LogP contribution in [0.25, 0.3) is 11.0 Å². The third kappa shape index (κ3) is 5.87. The molecule has 0 unspecified atom stereocenters. The van der Waals surface area contributed by atoms with E-state index in [1.54, 1.807) is 29.2 Å². The third-order valence-electron chi connectivity index (χ3n) is 11.0. The third-order valence-corrected chi connectivity index (χ3v) is 13.0. The molecule has 3 aromatic carbocycles. The van der Waals surface area contributed by atoms with Gasteiger partial charge in [-0.2, -0.15) is 0 Å². The molecule has 11 heteroatoms. The minimum absolute atomic E-state index is 0.0772. The first-order chi connectivity index (χ1) is 22.6. The quantitative estimate of drug-likeness (QED) is 0.231. The van der Waals surface area contributed by atoms with E-state index in [4.69, 9.17) is 16.6 Å². The number of aromatic nitrogens is 2. The normalized spacial score (nSPS) is 23.0. The molecule has 3 aliphatic rings. The fraction of sp³-hybridized carbons (Fsp3) is 0.444. The van der Waals surface area contributed by atoms with E-state index in [0.717, 1.165) is 42.7 Å². The molecule has 47 heavy (non-hydrogen) atoms. The molecular weight excluding hydrogens is 637 g/mol. The molecule has 1 N–H and O–H groups in total. The number of benzene rings is 3. The number of carbonyl (C=O) groups is 1. The lowest BCUT2D eigenvalue weighted by molar-refractivity contribution is 0.0606. The Morgan fingerprint density at radius 3 is 2.40 bits per heavy atom. The van der Waals surface area contributed by atoms with E-state index in [0.29, 0.717) is 44.1 Å². The second kappa shape index (κ2) is 12.6. The number of sulfonamides is 1. The molecule has 7 rings (SSSR count). The van der Waals surface area contributed by atoms with Crippen LogP contribution in [-0.4, -0.2) is 72.4 Å². The Morgan fingerprint density at radius 2 is 1.70 bits per heavy atom. The Bertz CT molecular complexity index is 1910. The molecule has 3 fully saturated rings. The maximum atomic E-state index is 14.6. The second-order valence-electron chi connectivity index (χ2n) is 13.4. The van der Waals surface area contributed by atoms with Crippen LogP contribution in [0.4, 0.5) is 4.39 Å². The fourth-order valence-corrected chi connectivity index (χ4v) is 9.93. The van der Waals surface area contributed by atoms with Crippen LogP contribution in [0, 0.1) is 12.7 Å². The summed E-state index contributed by atoms with van der Waals surface area (Å²) in [7, 11) is -2.51. The van der Waals surface area contributed by atoms with Crippen molar-refractivity contribution in [2.24, 2.45) is 0 Å². The predicted molar refractivity (Wildman–Crippen MR) is 182 cm³/mol. The molecule has 8 nitrogen and oxygen atoms in total. The number of nitrogens with zero attached hydrogens (tertiary/aromatic N) is 4. The van der Waals surface area contributed by atoms with Gasteiger partial charge in [0.2, 0.25) is 10.0 Å². The van der Waals surface area contributed by atoms with Crippen molar-refractivity contribution in [3.63, 3.8) is 0 Å². The predicted octanol–water partition coefficient (Wildman–Crippen LogP) is 6.48. The van der Waals surface area contributed by atoms with Gasteiger partial charge in [-0.05, 0) is 113 Å². The van der Waals surface area contributed by atoms with Gasteiger partial charge >= 0.3 is 0 Å². The Balaban J connectivity index is 1.08. The van der Waals surface area contributed by atoms with E-state index in [-0.39, 0.29) is 32.6 Å². The zero-order chi connectivity index (χ0) is 32.9. The molecule has 2 bridgehead atoms. The van der Waals surface area contributed by atoms with Gasteiger partial charge in [-0.1, -0.05) is 41.9 Å². The highest BCUT2D eigenvalue weighted by atomic mass is 35.5. The molecule has 248 valence electrons. The van der Waals surface area contributed by atoms with Crippen molar-refractivity contribution in [3.05, 3.63) is 94.5 Å². The molecule has 3 aliphatic heterocycles. The number of carbonyl (C=O) groups excluding carboxylic acids is 1. The van der Waals surface area contributed by atoms with Crippen molar-refractivity contribution < 1.29 is 17.6 Å². The first-order valence-electron chi connectivity index (χ1n) is 16.6. The Hall–Kier alpha value is -3.31. The van der Waals surface area contributed by atoms with Crippen LogP contribution in [0.5, 0.6) is 0 Å². The topological polar surface area (TPSA) is 87.5 Å². The number of likely N-dealkylation sites (tertiary alicyclic amines) is 1. The maximum absolute atomic E-state index is 14.6. The van der Waals surface area contributed by atoms with Crippen molar-refractivity contribution in [2.45, 2.75) is 80.3 Å². The zero-order valence-electron chi connectivity index (χ0n) is 26.8. The van der Waals surface area contributed by atoms with Crippen LogP contribution >= 0.6 is 11.6 Å². The molecule has 0 aliphatic carbocycles. The second-order valence-corrected chi connectivity index (χ2v) is 15.7. The molecule has 4 aromatic rings. The van der Waals surface area contributed by atoms with Crippen molar-refractivity contribution >= 4 is 38.6 Å². The van der Waals surface area contributed by atoms with E-state index in [2.05, 4.69) is 39.3 Å². The van der Waals surface area contributed by atoms with Gasteiger partial charge in [0.1, 0.15) is 16.5 Å². The standard InChI is InChI=1S/C36H41ClFN5O3S/c1-24-40-31-10-3-4-11-32(31)43(24)29-22-27-13-14-28(23-29)42(27)20-17-36(25-7-5-8-26(38)21-25)15-18-41(19-16-36)35(44)30-9-6-12-33(34(30)37)47(45,46)39-2/h3-12,21,27-29,39H,13-20,22-23H2,1-2H3/t27-,28+,29+. The lowest BCUT2D eigenvalue weighted by Crippen LogP contribution is -2.49. The van der Waals surface area contributed by atoms with Crippen molar-refractivity contribution in [3.8, 4) is 0 Å². The summed E-state index contributed by atoms with van der Waals surface area (Å²) in [6.07, 6.45) is 6.79. The van der Waals surface area contributed by atoms with Crippen LogP contribution in [0.3, 0.4) is 0 Å². The van der Waals surface area contributed by atoms with Gasteiger partial charge in [-0.25, -0.2) is 22.5 Å². The van der Waals surface area contributed by atoms with E-state index < -0.39 is 10.0 Å². The molecule has 1 aromatic heterocycles. The maximum Gasteiger partial charge on any atom is 0.255 e. The summed E-state index contributed by atoms with van der Waals surface area (Å²) < 4.78 is 44.3. The highest BCUT2D eigenvalue weighted by Crippen LogP contribution is 2.45. The number of amides is 1. The van der Waals surface area contributed by atoms with Gasteiger partial charge in [0.25, 0.3) is 5.91 Å². The molecule has 3 saturated heterocycles. The zero-order valence-corrected chi connectivity index (χ0v) is 28.4. The van der Waals surface area contributed by atoms with Crippen LogP contribution < -0.4 is 4.72 Å². The van der Waals surface area contributed by atoms with E-state index in [1.165, 1.54) is 37.5 Å². The van der Waals surface area contributed by atoms with Crippen LogP contribution in [0.15, 0.2) is 71.6 Å². The fourth-order valence-electron chi connectivity index (χ4n) is 8.59. The molecule has 0 radical (unpaired) electrons. The Kier molecular flexibility index (Phi) is 8.66. The van der Waals surface area contributed by atoms with Crippen LogP contribution in [-0.2, 0) is 15.4 Å². The van der Waals surface area contributed by atoms with Crippen molar-refractivity contribution in [2.75, 3.05) is 26.7 Å². The number of piperidine rings is 2. The summed E-state index contributed by atoms with van der Waals surface area (Å²) in [5.74, 6) is 0.532.